The van der Waals surface area contributed by atoms with Gasteiger partial charge in [-0.1, -0.05) is 54.6 Å². The number of benzene rings is 4. The van der Waals surface area contributed by atoms with Gasteiger partial charge in [0.15, 0.2) is 0 Å². The number of carbonyl (C=O) groups excluding carboxylic acids is 2. The van der Waals surface area contributed by atoms with Gasteiger partial charge < -0.3 is 4.74 Å². The summed E-state index contributed by atoms with van der Waals surface area (Å²) in [5.41, 5.74) is 0.525. The lowest BCUT2D eigenvalue weighted by molar-refractivity contribution is -0.394. The first-order chi connectivity index (χ1) is 18.3. The number of nitro benzene ring substituents is 2. The van der Waals surface area contributed by atoms with Gasteiger partial charge in [0.05, 0.1) is 27.4 Å². The van der Waals surface area contributed by atoms with Crippen LogP contribution in [0.2, 0.25) is 0 Å². The van der Waals surface area contributed by atoms with E-state index in [9.17, 15) is 29.8 Å². The SMILES string of the molecule is O=C1S/C(=C\c2ccc(Oc3ccc([N+](=O)[O-])cc3[N+](=O)[O-])cc2)C(=O)N1Cc1cccc2ccccc12. The zero-order chi connectivity index (χ0) is 26.8. The molecule has 0 N–H and O–H groups in total. The summed E-state index contributed by atoms with van der Waals surface area (Å²) in [5.74, 6) is -0.291. The molecule has 5 rings (SSSR count). The maximum atomic E-state index is 13.0. The van der Waals surface area contributed by atoms with E-state index in [-0.39, 0.29) is 28.2 Å². The van der Waals surface area contributed by atoms with E-state index in [1.807, 2.05) is 42.5 Å². The number of nitro groups is 2. The average molecular weight is 528 g/mol. The van der Waals surface area contributed by atoms with Gasteiger partial charge in [-0.3, -0.25) is 34.7 Å². The largest absolute Gasteiger partial charge is 0.450 e. The fourth-order valence-corrected chi connectivity index (χ4v) is 4.83. The first-order valence-corrected chi connectivity index (χ1v) is 12.0. The normalized spacial score (nSPS) is 14.3. The van der Waals surface area contributed by atoms with Gasteiger partial charge in [0, 0.05) is 6.07 Å². The van der Waals surface area contributed by atoms with Gasteiger partial charge in [-0.05, 0) is 57.9 Å². The quantitative estimate of drug-likeness (QED) is 0.148. The van der Waals surface area contributed by atoms with E-state index in [2.05, 4.69) is 0 Å². The molecule has 0 aliphatic carbocycles. The summed E-state index contributed by atoms with van der Waals surface area (Å²) in [6.45, 7) is 0.157. The standard InChI is InChI=1S/C27H17N3O7S/c31-26-25(38-27(32)28(26)16-19-6-3-5-18-4-1-2-7-22(18)19)14-17-8-11-21(12-9-17)37-24-13-10-20(29(33)34)15-23(24)30(35)36/h1-15H,16H2/b25-14-. The minimum absolute atomic E-state index is 0.150. The Morgan fingerprint density at radius 1 is 0.868 bits per heavy atom. The van der Waals surface area contributed by atoms with Crippen LogP contribution in [0.3, 0.4) is 0 Å². The van der Waals surface area contributed by atoms with Crippen LogP contribution in [-0.2, 0) is 11.3 Å². The monoisotopic (exact) mass is 527 g/mol. The maximum absolute atomic E-state index is 13.0. The van der Waals surface area contributed by atoms with Crippen LogP contribution in [0.1, 0.15) is 11.1 Å². The number of hydrogen-bond acceptors (Lipinski definition) is 8. The summed E-state index contributed by atoms with van der Waals surface area (Å²) in [5, 5.41) is 23.9. The summed E-state index contributed by atoms with van der Waals surface area (Å²) in [6.07, 6.45) is 1.59. The summed E-state index contributed by atoms with van der Waals surface area (Å²) < 4.78 is 5.57. The molecule has 10 nitrogen and oxygen atoms in total. The number of nitrogens with zero attached hydrogens (tertiary/aromatic N) is 3. The number of non-ortho nitro benzene ring substituents is 1. The van der Waals surface area contributed by atoms with E-state index < -0.39 is 27.1 Å². The zero-order valence-electron chi connectivity index (χ0n) is 19.5. The molecule has 1 heterocycles. The number of rotatable bonds is 7. The molecule has 1 aliphatic heterocycles. The summed E-state index contributed by atoms with van der Waals surface area (Å²) in [7, 11) is 0. The van der Waals surface area contributed by atoms with Gasteiger partial charge in [-0.15, -0.1) is 0 Å². The van der Waals surface area contributed by atoms with Crippen LogP contribution in [0, 0.1) is 20.2 Å². The number of ether oxygens (including phenoxy) is 1. The molecule has 0 aromatic heterocycles. The molecule has 2 amide bonds. The average Bonchev–Trinajstić information content (AvgIpc) is 3.17. The summed E-state index contributed by atoms with van der Waals surface area (Å²) in [6, 6.07) is 23.0. The second-order valence-electron chi connectivity index (χ2n) is 8.24. The van der Waals surface area contributed by atoms with Crippen molar-refractivity contribution in [1.29, 1.82) is 0 Å². The van der Waals surface area contributed by atoms with Crippen molar-refractivity contribution in [1.82, 2.24) is 4.90 Å². The van der Waals surface area contributed by atoms with E-state index in [0.29, 0.717) is 5.56 Å². The number of amides is 2. The molecule has 188 valence electrons. The number of carbonyl (C=O) groups is 2. The molecule has 1 saturated heterocycles. The van der Waals surface area contributed by atoms with E-state index in [1.54, 1.807) is 18.2 Å². The highest BCUT2D eigenvalue weighted by molar-refractivity contribution is 8.18. The van der Waals surface area contributed by atoms with Gasteiger partial charge in [0.2, 0.25) is 5.75 Å². The lowest BCUT2D eigenvalue weighted by Gasteiger charge is -2.14. The molecular formula is C27H17N3O7S. The third kappa shape index (κ3) is 4.95. The van der Waals surface area contributed by atoms with Crippen molar-refractivity contribution in [2.75, 3.05) is 0 Å². The molecule has 0 bridgehead atoms. The Balaban J connectivity index is 1.32. The molecule has 0 atom stereocenters. The fourth-order valence-electron chi connectivity index (χ4n) is 4.00. The summed E-state index contributed by atoms with van der Waals surface area (Å²) >= 11 is 0.854. The van der Waals surface area contributed by atoms with Crippen molar-refractivity contribution >= 4 is 51.1 Å². The van der Waals surface area contributed by atoms with Gasteiger partial charge in [-0.2, -0.15) is 0 Å². The highest BCUT2D eigenvalue weighted by Gasteiger charge is 2.35. The third-order valence-corrected chi connectivity index (χ3v) is 6.75. The predicted octanol–water partition coefficient (Wildman–Crippen LogP) is 6.69. The van der Waals surface area contributed by atoms with E-state index in [1.165, 1.54) is 17.0 Å². The van der Waals surface area contributed by atoms with E-state index in [0.717, 1.165) is 46.3 Å². The molecular weight excluding hydrogens is 510 g/mol. The van der Waals surface area contributed by atoms with Gasteiger partial charge in [0.25, 0.3) is 16.8 Å². The lowest BCUT2D eigenvalue weighted by atomic mass is 10.0. The van der Waals surface area contributed by atoms with Crippen molar-refractivity contribution in [2.45, 2.75) is 6.54 Å². The van der Waals surface area contributed by atoms with Crippen LogP contribution < -0.4 is 4.74 Å². The Labute approximate surface area is 219 Å². The van der Waals surface area contributed by atoms with Crippen molar-refractivity contribution in [3.63, 3.8) is 0 Å². The molecule has 11 heteroatoms. The van der Waals surface area contributed by atoms with Gasteiger partial charge in [-0.25, -0.2) is 0 Å². The van der Waals surface area contributed by atoms with Crippen LogP contribution in [0.25, 0.3) is 16.8 Å². The number of imide groups is 1. The molecule has 38 heavy (non-hydrogen) atoms. The topological polar surface area (TPSA) is 133 Å². The van der Waals surface area contributed by atoms with Crippen LogP contribution in [0.15, 0.2) is 89.8 Å². The number of fused-ring (bicyclic) bond motifs is 1. The maximum Gasteiger partial charge on any atom is 0.318 e. The number of thioether (sulfide) groups is 1. The second kappa shape index (κ2) is 10.1. The Morgan fingerprint density at radius 3 is 2.34 bits per heavy atom. The van der Waals surface area contributed by atoms with Crippen LogP contribution in [0.4, 0.5) is 16.2 Å². The smallest absolute Gasteiger partial charge is 0.318 e. The van der Waals surface area contributed by atoms with Crippen molar-refractivity contribution in [3.8, 4) is 11.5 Å². The first-order valence-electron chi connectivity index (χ1n) is 11.2. The molecule has 0 radical (unpaired) electrons. The molecule has 4 aromatic rings. The third-order valence-electron chi connectivity index (χ3n) is 5.84. The minimum Gasteiger partial charge on any atom is -0.450 e. The Hall–Kier alpha value is -5.03. The van der Waals surface area contributed by atoms with Crippen LogP contribution in [-0.4, -0.2) is 25.9 Å². The van der Waals surface area contributed by atoms with Gasteiger partial charge in [0.1, 0.15) is 5.75 Å². The van der Waals surface area contributed by atoms with E-state index >= 15 is 0 Å². The molecule has 1 aliphatic rings. The highest BCUT2D eigenvalue weighted by Crippen LogP contribution is 2.36. The second-order valence-corrected chi connectivity index (χ2v) is 9.24. The Kier molecular flexibility index (Phi) is 6.58. The van der Waals surface area contributed by atoms with E-state index in [4.69, 9.17) is 4.74 Å². The molecule has 0 saturated carbocycles. The van der Waals surface area contributed by atoms with Crippen molar-refractivity contribution in [2.24, 2.45) is 0 Å². The fraction of sp³-hybridized carbons (Fsp3) is 0.0370. The Morgan fingerprint density at radius 2 is 1.61 bits per heavy atom. The lowest BCUT2D eigenvalue weighted by Crippen LogP contribution is -2.27. The van der Waals surface area contributed by atoms with Crippen LogP contribution in [0.5, 0.6) is 11.5 Å². The minimum atomic E-state index is -0.759. The van der Waals surface area contributed by atoms with Crippen LogP contribution >= 0.6 is 11.8 Å². The first kappa shape index (κ1) is 24.7. The highest BCUT2D eigenvalue weighted by atomic mass is 32.2. The molecule has 0 spiro atoms. The van der Waals surface area contributed by atoms with Gasteiger partial charge >= 0.3 is 5.69 Å². The van der Waals surface area contributed by atoms with Crippen molar-refractivity contribution < 1.29 is 24.2 Å². The summed E-state index contributed by atoms with van der Waals surface area (Å²) in [4.78, 5) is 47.9. The molecule has 1 fully saturated rings. The number of hydrogen-bond donors (Lipinski definition) is 0. The van der Waals surface area contributed by atoms with Crippen molar-refractivity contribution in [3.05, 3.63) is 121 Å². The Bertz CT molecular complexity index is 1650. The zero-order valence-corrected chi connectivity index (χ0v) is 20.3. The molecule has 4 aromatic carbocycles. The molecule has 0 unspecified atom stereocenters. The predicted molar refractivity (Wildman–Crippen MR) is 142 cm³/mol.